The molecule has 0 spiro atoms. The molecule has 0 aliphatic heterocycles. The maximum Gasteiger partial charge on any atom is 0.258 e. The molecule has 0 saturated carbocycles. The number of carbonyl (C=O) groups excluding carboxylic acids is 1. The monoisotopic (exact) mass is 262 g/mol. The van der Waals surface area contributed by atoms with Crippen LogP contribution in [0.5, 0.6) is 0 Å². The summed E-state index contributed by atoms with van der Waals surface area (Å²) in [6.45, 7) is 1.66. The third kappa shape index (κ3) is 2.62. The molecule has 0 saturated heterocycles. The number of anilines is 1. The predicted molar refractivity (Wildman–Crippen MR) is 70.7 cm³/mol. The summed E-state index contributed by atoms with van der Waals surface area (Å²) in [5, 5.41) is 2.60. The fourth-order valence-corrected chi connectivity index (χ4v) is 1.70. The Kier molecular flexibility index (Phi) is 3.53. The summed E-state index contributed by atoms with van der Waals surface area (Å²) < 4.78 is 13.7. The third-order valence-corrected chi connectivity index (χ3v) is 2.83. The van der Waals surface area contributed by atoms with E-state index in [-0.39, 0.29) is 11.7 Å². The lowest BCUT2D eigenvalue weighted by Crippen LogP contribution is -2.13. The molecule has 5 heteroatoms. The van der Waals surface area contributed by atoms with Crippen molar-refractivity contribution in [2.24, 2.45) is 0 Å². The minimum Gasteiger partial charge on any atom is -0.352 e. The number of H-pyrrole nitrogens is 1. The van der Waals surface area contributed by atoms with Crippen molar-refractivity contribution in [1.82, 2.24) is 4.98 Å². The van der Waals surface area contributed by atoms with Gasteiger partial charge >= 0.3 is 0 Å². The molecule has 92 valence electrons. The second kappa shape index (κ2) is 5.10. The molecule has 3 nitrogen and oxygen atoms in total. The van der Waals surface area contributed by atoms with E-state index in [4.69, 9.17) is 12.2 Å². The van der Waals surface area contributed by atoms with Crippen molar-refractivity contribution in [3.05, 3.63) is 58.1 Å². The van der Waals surface area contributed by atoms with Crippen LogP contribution in [0.25, 0.3) is 0 Å². The van der Waals surface area contributed by atoms with Crippen LogP contribution in [-0.4, -0.2) is 10.9 Å². The van der Waals surface area contributed by atoms with Crippen molar-refractivity contribution in [2.75, 3.05) is 5.32 Å². The zero-order chi connectivity index (χ0) is 13.1. The fourth-order valence-electron chi connectivity index (χ4n) is 1.47. The van der Waals surface area contributed by atoms with Gasteiger partial charge in [0.1, 0.15) is 10.5 Å². The van der Waals surface area contributed by atoms with Crippen LogP contribution in [0.4, 0.5) is 10.1 Å². The average Bonchev–Trinajstić information content (AvgIpc) is 2.34. The first kappa shape index (κ1) is 12.4. The Morgan fingerprint density at radius 3 is 2.83 bits per heavy atom. The number of hydrogen-bond acceptors (Lipinski definition) is 2. The molecule has 1 aromatic carbocycles. The van der Waals surface area contributed by atoms with Gasteiger partial charge in [0.15, 0.2) is 0 Å². The van der Waals surface area contributed by atoms with Crippen molar-refractivity contribution in [1.29, 1.82) is 0 Å². The average molecular weight is 262 g/mol. The number of amides is 1. The molecule has 0 fully saturated rings. The van der Waals surface area contributed by atoms with Gasteiger partial charge in [-0.1, -0.05) is 18.3 Å². The SMILES string of the molecule is Cc1ccc(NC(=O)c2ccc[nH]c2=S)cc1F. The van der Waals surface area contributed by atoms with E-state index in [9.17, 15) is 9.18 Å². The minimum absolute atomic E-state index is 0.350. The molecule has 0 unspecified atom stereocenters. The summed E-state index contributed by atoms with van der Waals surface area (Å²) in [4.78, 5) is 14.7. The first-order valence-corrected chi connectivity index (χ1v) is 5.74. The second-order valence-electron chi connectivity index (χ2n) is 3.83. The molecule has 18 heavy (non-hydrogen) atoms. The fraction of sp³-hybridized carbons (Fsp3) is 0.0769. The van der Waals surface area contributed by atoms with Crippen LogP contribution in [0.1, 0.15) is 15.9 Å². The van der Waals surface area contributed by atoms with E-state index >= 15 is 0 Å². The summed E-state index contributed by atoms with van der Waals surface area (Å²) in [5.41, 5.74) is 1.29. The molecular weight excluding hydrogens is 251 g/mol. The number of halogens is 1. The number of carbonyl (C=O) groups is 1. The number of hydrogen-bond donors (Lipinski definition) is 2. The van der Waals surface area contributed by atoms with Crippen LogP contribution in [-0.2, 0) is 0 Å². The summed E-state index contributed by atoms with van der Waals surface area (Å²) in [6.07, 6.45) is 1.64. The van der Waals surface area contributed by atoms with E-state index in [0.29, 0.717) is 21.5 Å². The lowest BCUT2D eigenvalue weighted by atomic mass is 10.2. The van der Waals surface area contributed by atoms with Crippen molar-refractivity contribution in [2.45, 2.75) is 6.92 Å². The molecule has 2 rings (SSSR count). The number of pyridine rings is 1. The van der Waals surface area contributed by atoms with Gasteiger partial charge in [0.2, 0.25) is 0 Å². The molecule has 2 aromatic rings. The minimum atomic E-state index is -0.361. The Balaban J connectivity index is 2.24. The highest BCUT2D eigenvalue weighted by Crippen LogP contribution is 2.14. The highest BCUT2D eigenvalue weighted by molar-refractivity contribution is 7.71. The molecule has 0 radical (unpaired) electrons. The number of rotatable bonds is 2. The number of benzene rings is 1. The molecule has 0 bridgehead atoms. The van der Waals surface area contributed by atoms with Gasteiger partial charge in [-0.25, -0.2) is 4.39 Å². The first-order valence-electron chi connectivity index (χ1n) is 5.33. The summed E-state index contributed by atoms with van der Waals surface area (Å²) >= 11 is 5.00. The van der Waals surface area contributed by atoms with Crippen molar-refractivity contribution in [3.8, 4) is 0 Å². The van der Waals surface area contributed by atoms with Crippen LogP contribution >= 0.6 is 12.2 Å². The van der Waals surface area contributed by atoms with Gasteiger partial charge in [-0.3, -0.25) is 4.79 Å². The Bertz CT molecular complexity index is 651. The third-order valence-electron chi connectivity index (χ3n) is 2.49. The molecule has 0 aliphatic rings. The van der Waals surface area contributed by atoms with Crippen LogP contribution in [0.2, 0.25) is 0 Å². The molecule has 0 aliphatic carbocycles. The molecule has 2 N–H and O–H groups in total. The normalized spacial score (nSPS) is 10.1. The zero-order valence-electron chi connectivity index (χ0n) is 9.66. The summed E-state index contributed by atoms with van der Waals surface area (Å²) in [7, 11) is 0. The number of nitrogens with one attached hydrogen (secondary N) is 2. The highest BCUT2D eigenvalue weighted by atomic mass is 32.1. The van der Waals surface area contributed by atoms with E-state index in [0.717, 1.165) is 0 Å². The van der Waals surface area contributed by atoms with Gasteiger partial charge in [0.05, 0.1) is 5.56 Å². The van der Waals surface area contributed by atoms with E-state index < -0.39 is 0 Å². The maximum absolute atomic E-state index is 13.3. The van der Waals surface area contributed by atoms with Crippen LogP contribution in [0.3, 0.4) is 0 Å². The lowest BCUT2D eigenvalue weighted by molar-refractivity contribution is 0.102. The van der Waals surface area contributed by atoms with Crippen molar-refractivity contribution < 1.29 is 9.18 Å². The molecule has 1 amide bonds. The number of aromatic amines is 1. The molecule has 1 aromatic heterocycles. The Morgan fingerprint density at radius 2 is 2.17 bits per heavy atom. The smallest absolute Gasteiger partial charge is 0.258 e. The van der Waals surface area contributed by atoms with Gasteiger partial charge in [-0.15, -0.1) is 0 Å². The Hall–Kier alpha value is -2.01. The molecular formula is C13H11FN2OS. The number of aryl methyl sites for hydroxylation is 1. The van der Waals surface area contributed by atoms with Crippen LogP contribution in [0, 0.1) is 17.4 Å². The Morgan fingerprint density at radius 1 is 1.39 bits per heavy atom. The van der Waals surface area contributed by atoms with Crippen molar-refractivity contribution in [3.63, 3.8) is 0 Å². The second-order valence-corrected chi connectivity index (χ2v) is 4.24. The summed E-state index contributed by atoms with van der Waals surface area (Å²) in [5.74, 6) is -0.717. The van der Waals surface area contributed by atoms with E-state index in [1.54, 1.807) is 37.4 Å². The van der Waals surface area contributed by atoms with E-state index in [1.807, 2.05) is 0 Å². The topological polar surface area (TPSA) is 44.9 Å². The molecule has 0 atom stereocenters. The largest absolute Gasteiger partial charge is 0.352 e. The van der Waals surface area contributed by atoms with Gasteiger partial charge in [0, 0.05) is 11.9 Å². The van der Waals surface area contributed by atoms with Gasteiger partial charge in [0.25, 0.3) is 5.91 Å². The Labute approximate surface area is 109 Å². The van der Waals surface area contributed by atoms with Crippen molar-refractivity contribution >= 4 is 23.8 Å². The maximum atomic E-state index is 13.3. The van der Waals surface area contributed by atoms with Gasteiger partial charge in [-0.05, 0) is 36.8 Å². The van der Waals surface area contributed by atoms with Crippen LogP contribution < -0.4 is 5.32 Å². The van der Waals surface area contributed by atoms with Crippen LogP contribution in [0.15, 0.2) is 36.5 Å². The lowest BCUT2D eigenvalue weighted by Gasteiger charge is -2.06. The zero-order valence-corrected chi connectivity index (χ0v) is 10.5. The molecule has 1 heterocycles. The standard InChI is InChI=1S/C13H11FN2OS/c1-8-4-5-9(7-11(8)14)16-12(17)10-3-2-6-15-13(10)18/h2-7H,1H3,(H,15,18)(H,16,17). The highest BCUT2D eigenvalue weighted by Gasteiger charge is 2.08. The quantitative estimate of drug-likeness (QED) is 0.814. The predicted octanol–water partition coefficient (Wildman–Crippen LogP) is 3.44. The number of aromatic nitrogens is 1. The van der Waals surface area contributed by atoms with E-state index in [2.05, 4.69) is 10.3 Å². The van der Waals surface area contributed by atoms with Gasteiger partial charge < -0.3 is 10.3 Å². The van der Waals surface area contributed by atoms with Gasteiger partial charge in [-0.2, -0.15) is 0 Å². The summed E-state index contributed by atoms with van der Waals surface area (Å²) in [6, 6.07) is 7.82. The first-order chi connectivity index (χ1) is 8.58. The van der Waals surface area contributed by atoms with E-state index in [1.165, 1.54) is 6.07 Å².